The molecule has 2 aromatic carbocycles. The highest BCUT2D eigenvalue weighted by Gasteiger charge is 2.21. The van der Waals surface area contributed by atoms with Gasteiger partial charge in [0.05, 0.1) is 4.90 Å². The van der Waals surface area contributed by atoms with Gasteiger partial charge in [0.25, 0.3) is 0 Å². The largest absolute Gasteiger partial charge is 0.504 e. The Balaban J connectivity index is 2.25. The Kier molecular flexibility index (Phi) is 3.95. The van der Waals surface area contributed by atoms with Gasteiger partial charge in [-0.25, -0.2) is 12.8 Å². The molecule has 0 bridgehead atoms. The first-order valence-electron chi connectivity index (χ1n) is 5.83. The number of carbonyl (C=O) groups excluding carboxylic acids is 1. The average Bonchev–Trinajstić information content (AvgIpc) is 2.41. The number of rotatable bonds is 4. The fourth-order valence-corrected chi connectivity index (χ4v) is 2.91. The molecule has 0 amide bonds. The fourth-order valence-electron chi connectivity index (χ4n) is 1.68. The van der Waals surface area contributed by atoms with E-state index in [9.17, 15) is 22.7 Å². The molecule has 0 radical (unpaired) electrons. The van der Waals surface area contributed by atoms with Crippen LogP contribution in [0, 0.1) is 5.82 Å². The van der Waals surface area contributed by atoms with Crippen LogP contribution in [-0.4, -0.2) is 30.2 Å². The molecule has 2 aromatic rings. The smallest absolute Gasteiger partial charge is 0.185 e. The van der Waals surface area contributed by atoms with E-state index >= 15 is 0 Å². The summed E-state index contributed by atoms with van der Waals surface area (Å²) >= 11 is 0. The van der Waals surface area contributed by atoms with Crippen LogP contribution in [0.2, 0.25) is 0 Å². The van der Waals surface area contributed by atoms with E-state index in [0.29, 0.717) is 0 Å². The molecule has 2 rings (SSSR count). The molecule has 0 unspecified atom stereocenters. The van der Waals surface area contributed by atoms with Crippen molar-refractivity contribution in [3.8, 4) is 11.5 Å². The number of sulfone groups is 1. The van der Waals surface area contributed by atoms with Gasteiger partial charge < -0.3 is 10.2 Å². The second-order valence-corrected chi connectivity index (χ2v) is 6.33. The van der Waals surface area contributed by atoms with Gasteiger partial charge in [0.2, 0.25) is 0 Å². The fraction of sp³-hybridized carbons (Fsp3) is 0.0714. The Morgan fingerprint density at radius 2 is 1.62 bits per heavy atom. The van der Waals surface area contributed by atoms with E-state index in [1.54, 1.807) is 0 Å². The van der Waals surface area contributed by atoms with Gasteiger partial charge in [0, 0.05) is 5.56 Å². The molecule has 2 N–H and O–H groups in total. The zero-order valence-corrected chi connectivity index (χ0v) is 11.5. The molecular formula is C14H11FO5S. The van der Waals surface area contributed by atoms with Crippen LogP contribution >= 0.6 is 0 Å². The third-order valence-electron chi connectivity index (χ3n) is 2.79. The molecule has 5 nitrogen and oxygen atoms in total. The van der Waals surface area contributed by atoms with E-state index in [-0.39, 0.29) is 10.5 Å². The molecule has 0 fully saturated rings. The van der Waals surface area contributed by atoms with Gasteiger partial charge in [-0.15, -0.1) is 0 Å². The number of ketones is 1. The van der Waals surface area contributed by atoms with Crippen molar-refractivity contribution in [2.24, 2.45) is 0 Å². The molecule has 0 aliphatic heterocycles. The van der Waals surface area contributed by atoms with Crippen LogP contribution in [-0.2, 0) is 9.84 Å². The van der Waals surface area contributed by atoms with E-state index in [2.05, 4.69) is 0 Å². The van der Waals surface area contributed by atoms with Gasteiger partial charge in [-0.05, 0) is 42.5 Å². The molecule has 21 heavy (non-hydrogen) atoms. The van der Waals surface area contributed by atoms with E-state index in [4.69, 9.17) is 5.11 Å². The van der Waals surface area contributed by atoms with Gasteiger partial charge in [-0.3, -0.25) is 4.79 Å². The number of halogens is 1. The van der Waals surface area contributed by atoms with Crippen LogP contribution < -0.4 is 0 Å². The number of phenolic OH excluding ortho intramolecular Hbond substituents is 2. The number of hydrogen-bond acceptors (Lipinski definition) is 5. The molecule has 0 heterocycles. The van der Waals surface area contributed by atoms with Crippen molar-refractivity contribution in [2.75, 3.05) is 5.75 Å². The second kappa shape index (κ2) is 5.53. The maximum Gasteiger partial charge on any atom is 0.185 e. The summed E-state index contributed by atoms with van der Waals surface area (Å²) in [7, 11) is -3.91. The predicted octanol–water partition coefficient (Wildman–Crippen LogP) is 1.89. The summed E-state index contributed by atoms with van der Waals surface area (Å²) in [6.45, 7) is 0. The second-order valence-electron chi connectivity index (χ2n) is 4.34. The lowest BCUT2D eigenvalue weighted by Crippen LogP contribution is -2.16. The predicted molar refractivity (Wildman–Crippen MR) is 72.6 cm³/mol. The van der Waals surface area contributed by atoms with E-state index in [1.165, 1.54) is 6.07 Å². The number of Topliss-reactive ketones (excluding diaryl/α,β-unsaturated/α-hetero) is 1. The summed E-state index contributed by atoms with van der Waals surface area (Å²) in [5.74, 6) is -3.06. The van der Waals surface area contributed by atoms with Crippen LogP contribution in [0.25, 0.3) is 0 Å². The van der Waals surface area contributed by atoms with Crippen molar-refractivity contribution in [1.82, 2.24) is 0 Å². The number of benzene rings is 2. The minimum atomic E-state index is -3.91. The Morgan fingerprint density at radius 1 is 1.00 bits per heavy atom. The minimum Gasteiger partial charge on any atom is -0.504 e. The Morgan fingerprint density at radius 3 is 2.19 bits per heavy atom. The molecule has 0 atom stereocenters. The standard InChI is InChI=1S/C14H11FO5S/c15-10-2-4-11(5-3-10)21(19,20)8-14(18)9-1-6-12(16)13(17)7-9/h1-7,16-17H,8H2. The normalized spacial score (nSPS) is 11.3. The highest BCUT2D eigenvalue weighted by atomic mass is 32.2. The zero-order valence-electron chi connectivity index (χ0n) is 10.7. The van der Waals surface area contributed by atoms with Crippen molar-refractivity contribution < 1.29 is 27.8 Å². The number of hydrogen-bond donors (Lipinski definition) is 2. The quantitative estimate of drug-likeness (QED) is 0.511. The van der Waals surface area contributed by atoms with Gasteiger partial charge in [-0.1, -0.05) is 0 Å². The topological polar surface area (TPSA) is 91.7 Å². The summed E-state index contributed by atoms with van der Waals surface area (Å²) < 4.78 is 36.8. The van der Waals surface area contributed by atoms with Crippen molar-refractivity contribution in [1.29, 1.82) is 0 Å². The maximum atomic E-state index is 12.8. The van der Waals surface area contributed by atoms with E-state index in [0.717, 1.165) is 36.4 Å². The number of aromatic hydroxyl groups is 2. The highest BCUT2D eigenvalue weighted by Crippen LogP contribution is 2.25. The van der Waals surface area contributed by atoms with Gasteiger partial charge in [0.1, 0.15) is 11.6 Å². The third-order valence-corrected chi connectivity index (χ3v) is 4.42. The molecule has 0 aromatic heterocycles. The highest BCUT2D eigenvalue weighted by molar-refractivity contribution is 7.92. The van der Waals surface area contributed by atoms with Crippen molar-refractivity contribution >= 4 is 15.6 Å². The molecule has 110 valence electrons. The van der Waals surface area contributed by atoms with Gasteiger partial charge in [0.15, 0.2) is 27.1 Å². The molecule has 0 aliphatic carbocycles. The van der Waals surface area contributed by atoms with Gasteiger partial charge in [-0.2, -0.15) is 0 Å². The Hall–Kier alpha value is -2.41. The Bertz CT molecular complexity index is 782. The molecule has 0 spiro atoms. The lowest BCUT2D eigenvalue weighted by atomic mass is 10.1. The number of phenols is 2. The third kappa shape index (κ3) is 3.38. The van der Waals surface area contributed by atoms with Crippen LogP contribution in [0.4, 0.5) is 4.39 Å². The van der Waals surface area contributed by atoms with E-state index in [1.807, 2.05) is 0 Å². The first-order valence-corrected chi connectivity index (χ1v) is 7.48. The van der Waals surface area contributed by atoms with Crippen LogP contribution in [0.5, 0.6) is 11.5 Å². The maximum absolute atomic E-state index is 12.8. The zero-order chi connectivity index (χ0) is 15.6. The Labute approximate surface area is 120 Å². The first kappa shape index (κ1) is 15.0. The van der Waals surface area contributed by atoms with Crippen molar-refractivity contribution in [3.63, 3.8) is 0 Å². The summed E-state index contributed by atoms with van der Waals surface area (Å²) in [6.07, 6.45) is 0. The van der Waals surface area contributed by atoms with E-state index < -0.39 is 38.7 Å². The first-order chi connectivity index (χ1) is 9.79. The molecule has 0 saturated heterocycles. The molecule has 0 aliphatic rings. The van der Waals surface area contributed by atoms with Crippen LogP contribution in [0.3, 0.4) is 0 Å². The van der Waals surface area contributed by atoms with Crippen molar-refractivity contribution in [3.05, 3.63) is 53.8 Å². The average molecular weight is 310 g/mol. The summed E-state index contributed by atoms with van der Waals surface area (Å²) in [4.78, 5) is 11.8. The monoisotopic (exact) mass is 310 g/mol. The SMILES string of the molecule is O=C(CS(=O)(=O)c1ccc(F)cc1)c1ccc(O)c(O)c1. The summed E-state index contributed by atoms with van der Waals surface area (Å²) in [5, 5.41) is 18.4. The van der Waals surface area contributed by atoms with Crippen LogP contribution in [0.15, 0.2) is 47.4 Å². The molecule has 0 saturated carbocycles. The molecule has 7 heteroatoms. The summed E-state index contributed by atoms with van der Waals surface area (Å²) in [6, 6.07) is 7.41. The van der Waals surface area contributed by atoms with Gasteiger partial charge >= 0.3 is 0 Å². The lowest BCUT2D eigenvalue weighted by molar-refractivity contribution is 0.102. The number of carbonyl (C=O) groups is 1. The molecular weight excluding hydrogens is 299 g/mol. The van der Waals surface area contributed by atoms with Crippen molar-refractivity contribution in [2.45, 2.75) is 4.90 Å². The van der Waals surface area contributed by atoms with Crippen LogP contribution in [0.1, 0.15) is 10.4 Å². The summed E-state index contributed by atoms with van der Waals surface area (Å²) in [5.41, 5.74) is -0.0454. The lowest BCUT2D eigenvalue weighted by Gasteiger charge is -2.05. The minimum absolute atomic E-state index is 0.0454.